The number of aromatic nitrogens is 2. The second-order valence-electron chi connectivity index (χ2n) is 7.72. The Balaban J connectivity index is 1.52. The van der Waals surface area contributed by atoms with Crippen LogP contribution >= 0.6 is 0 Å². The van der Waals surface area contributed by atoms with Gasteiger partial charge in [-0.1, -0.05) is 48.5 Å². The predicted molar refractivity (Wildman–Crippen MR) is 120 cm³/mol. The average molecular weight is 439 g/mol. The van der Waals surface area contributed by atoms with Crippen LogP contribution in [0, 0.1) is 0 Å². The molecule has 1 amide bonds. The number of hydrogen-bond acceptors (Lipinski definition) is 4. The Morgan fingerprint density at radius 1 is 1.06 bits per heavy atom. The van der Waals surface area contributed by atoms with Gasteiger partial charge in [0, 0.05) is 50.4 Å². The Bertz CT molecular complexity index is 1140. The standard InChI is InChI=1S/C23H26N4O3S/c1-25(22(28)13-15-26-14-8-16-31(26,29)30)17-20-18-27(21-11-6-3-7-12-21)24-23(20)19-9-4-2-5-10-19/h2-7,9-12,18H,8,13-17H2,1H3. The van der Waals surface area contributed by atoms with Crippen LogP contribution in [-0.4, -0.2) is 59.2 Å². The Morgan fingerprint density at radius 3 is 2.39 bits per heavy atom. The number of amides is 1. The van der Waals surface area contributed by atoms with E-state index in [1.807, 2.05) is 71.5 Å². The topological polar surface area (TPSA) is 75.5 Å². The fourth-order valence-corrected chi connectivity index (χ4v) is 5.30. The molecule has 0 radical (unpaired) electrons. The molecule has 1 aliphatic heterocycles. The zero-order valence-electron chi connectivity index (χ0n) is 17.5. The van der Waals surface area contributed by atoms with Gasteiger partial charge in [-0.25, -0.2) is 17.4 Å². The number of rotatable bonds is 7. The van der Waals surface area contributed by atoms with Crippen molar-refractivity contribution in [2.45, 2.75) is 19.4 Å². The van der Waals surface area contributed by atoms with Gasteiger partial charge < -0.3 is 4.90 Å². The van der Waals surface area contributed by atoms with Gasteiger partial charge in [-0.15, -0.1) is 0 Å². The molecule has 1 aliphatic rings. The van der Waals surface area contributed by atoms with Crippen LogP contribution in [0.1, 0.15) is 18.4 Å². The zero-order valence-corrected chi connectivity index (χ0v) is 18.3. The van der Waals surface area contributed by atoms with Crippen LogP contribution in [0.3, 0.4) is 0 Å². The maximum absolute atomic E-state index is 12.7. The third-order valence-corrected chi connectivity index (χ3v) is 7.43. The van der Waals surface area contributed by atoms with Crippen LogP contribution in [-0.2, 0) is 21.4 Å². The Labute approximate surface area is 183 Å². The Kier molecular flexibility index (Phi) is 6.20. The third-order valence-electron chi connectivity index (χ3n) is 5.47. The molecule has 1 aromatic heterocycles. The second-order valence-corrected chi connectivity index (χ2v) is 9.81. The summed E-state index contributed by atoms with van der Waals surface area (Å²) in [6, 6.07) is 19.7. The lowest BCUT2D eigenvalue weighted by molar-refractivity contribution is -0.130. The minimum absolute atomic E-state index is 0.0893. The molecular formula is C23H26N4O3S. The van der Waals surface area contributed by atoms with Crippen LogP contribution in [0.4, 0.5) is 0 Å². The molecule has 0 atom stereocenters. The fourth-order valence-electron chi connectivity index (χ4n) is 3.77. The fraction of sp³-hybridized carbons (Fsp3) is 0.304. The summed E-state index contributed by atoms with van der Waals surface area (Å²) >= 11 is 0. The van der Waals surface area contributed by atoms with E-state index in [9.17, 15) is 13.2 Å². The molecule has 4 rings (SSSR count). The van der Waals surface area contributed by atoms with E-state index in [0.717, 1.165) is 22.5 Å². The minimum atomic E-state index is -3.19. The summed E-state index contributed by atoms with van der Waals surface area (Å²) in [5.41, 5.74) is 3.68. The number of sulfonamides is 1. The highest BCUT2D eigenvalue weighted by Crippen LogP contribution is 2.25. The highest BCUT2D eigenvalue weighted by Gasteiger charge is 2.28. The van der Waals surface area contributed by atoms with Crippen LogP contribution in [0.2, 0.25) is 0 Å². The number of nitrogens with zero attached hydrogens (tertiary/aromatic N) is 4. The first kappa shape index (κ1) is 21.3. The molecule has 0 N–H and O–H groups in total. The molecule has 0 spiro atoms. The van der Waals surface area contributed by atoms with Crippen molar-refractivity contribution in [3.05, 3.63) is 72.4 Å². The molecule has 0 unspecified atom stereocenters. The first-order valence-electron chi connectivity index (χ1n) is 10.4. The molecule has 1 saturated heterocycles. The summed E-state index contributed by atoms with van der Waals surface area (Å²) < 4.78 is 27.2. The van der Waals surface area contributed by atoms with Crippen molar-refractivity contribution in [2.75, 3.05) is 25.9 Å². The van der Waals surface area contributed by atoms with Crippen molar-refractivity contribution < 1.29 is 13.2 Å². The molecule has 0 bridgehead atoms. The summed E-state index contributed by atoms with van der Waals surface area (Å²) in [5, 5.41) is 4.78. The van der Waals surface area contributed by atoms with Crippen molar-refractivity contribution in [1.29, 1.82) is 0 Å². The average Bonchev–Trinajstić information content (AvgIpc) is 3.35. The number of hydrogen-bond donors (Lipinski definition) is 0. The number of carbonyl (C=O) groups excluding carboxylic acids is 1. The SMILES string of the molecule is CN(Cc1cn(-c2ccccc2)nc1-c1ccccc1)C(=O)CCN1CCCS1(=O)=O. The molecule has 2 heterocycles. The Morgan fingerprint density at radius 2 is 1.74 bits per heavy atom. The maximum atomic E-state index is 12.7. The second kappa shape index (κ2) is 9.03. The van der Waals surface area contributed by atoms with Crippen molar-refractivity contribution >= 4 is 15.9 Å². The smallest absolute Gasteiger partial charge is 0.223 e. The van der Waals surface area contributed by atoms with Crippen LogP contribution in [0.25, 0.3) is 16.9 Å². The lowest BCUT2D eigenvalue weighted by Gasteiger charge is -2.19. The summed E-state index contributed by atoms with van der Waals surface area (Å²) in [7, 11) is -1.44. The van der Waals surface area contributed by atoms with Crippen molar-refractivity contribution in [3.63, 3.8) is 0 Å². The van der Waals surface area contributed by atoms with E-state index in [-0.39, 0.29) is 24.6 Å². The van der Waals surface area contributed by atoms with E-state index in [2.05, 4.69) is 0 Å². The van der Waals surface area contributed by atoms with Crippen LogP contribution in [0.5, 0.6) is 0 Å². The van der Waals surface area contributed by atoms with E-state index in [4.69, 9.17) is 5.10 Å². The van der Waals surface area contributed by atoms with Crippen molar-refractivity contribution in [1.82, 2.24) is 19.0 Å². The van der Waals surface area contributed by atoms with Gasteiger partial charge in [-0.3, -0.25) is 4.79 Å². The molecule has 3 aromatic rings. The van der Waals surface area contributed by atoms with Gasteiger partial charge in [0.05, 0.1) is 17.1 Å². The van der Waals surface area contributed by atoms with E-state index in [1.165, 1.54) is 4.31 Å². The molecular weight excluding hydrogens is 412 g/mol. The molecule has 162 valence electrons. The van der Waals surface area contributed by atoms with Crippen LogP contribution < -0.4 is 0 Å². The van der Waals surface area contributed by atoms with E-state index in [1.54, 1.807) is 11.9 Å². The van der Waals surface area contributed by atoms with Crippen molar-refractivity contribution in [3.8, 4) is 16.9 Å². The van der Waals surface area contributed by atoms with E-state index < -0.39 is 10.0 Å². The predicted octanol–water partition coefficient (Wildman–Crippen LogP) is 2.92. The molecule has 0 aliphatic carbocycles. The minimum Gasteiger partial charge on any atom is -0.341 e. The summed E-state index contributed by atoms with van der Waals surface area (Å²) in [6.07, 6.45) is 2.75. The van der Waals surface area contributed by atoms with Gasteiger partial charge in [0.1, 0.15) is 0 Å². The van der Waals surface area contributed by atoms with Gasteiger partial charge in [0.2, 0.25) is 15.9 Å². The molecule has 2 aromatic carbocycles. The van der Waals surface area contributed by atoms with Crippen molar-refractivity contribution in [2.24, 2.45) is 0 Å². The maximum Gasteiger partial charge on any atom is 0.223 e. The number of carbonyl (C=O) groups is 1. The number of benzene rings is 2. The van der Waals surface area contributed by atoms with Crippen LogP contribution in [0.15, 0.2) is 66.9 Å². The monoisotopic (exact) mass is 438 g/mol. The lowest BCUT2D eigenvalue weighted by atomic mass is 10.1. The summed E-state index contributed by atoms with van der Waals surface area (Å²) in [4.78, 5) is 14.4. The zero-order chi connectivity index (χ0) is 21.8. The van der Waals surface area contributed by atoms with Gasteiger partial charge >= 0.3 is 0 Å². The van der Waals surface area contributed by atoms with E-state index >= 15 is 0 Å². The number of para-hydroxylation sites is 1. The highest BCUT2D eigenvalue weighted by atomic mass is 32.2. The first-order chi connectivity index (χ1) is 14.9. The van der Waals surface area contributed by atoms with Gasteiger partial charge in [-0.05, 0) is 18.6 Å². The van der Waals surface area contributed by atoms with Gasteiger partial charge in [0.15, 0.2) is 0 Å². The molecule has 0 saturated carbocycles. The highest BCUT2D eigenvalue weighted by molar-refractivity contribution is 7.89. The Hall–Kier alpha value is -2.97. The molecule has 1 fully saturated rings. The summed E-state index contributed by atoms with van der Waals surface area (Å²) in [6.45, 7) is 1.13. The normalized spacial score (nSPS) is 15.8. The summed E-state index contributed by atoms with van der Waals surface area (Å²) in [5.74, 6) is 0.0874. The lowest BCUT2D eigenvalue weighted by Crippen LogP contribution is -2.33. The molecule has 31 heavy (non-hydrogen) atoms. The van der Waals surface area contributed by atoms with E-state index in [0.29, 0.717) is 19.5 Å². The largest absolute Gasteiger partial charge is 0.341 e. The third kappa shape index (κ3) is 4.86. The van der Waals surface area contributed by atoms with Gasteiger partial charge in [-0.2, -0.15) is 5.10 Å². The van der Waals surface area contributed by atoms with Gasteiger partial charge in [0.25, 0.3) is 0 Å². The quantitative estimate of drug-likeness (QED) is 0.568. The molecule has 8 heteroatoms. The first-order valence-corrected chi connectivity index (χ1v) is 12.0. The molecule has 7 nitrogen and oxygen atoms in total.